The van der Waals surface area contributed by atoms with E-state index in [1.54, 1.807) is 0 Å². The van der Waals surface area contributed by atoms with Crippen molar-refractivity contribution >= 4 is 11.7 Å². The molecule has 0 aromatic heterocycles. The van der Waals surface area contributed by atoms with Gasteiger partial charge in [-0.25, -0.2) is 0 Å². The maximum atomic E-state index is 11.3. The van der Waals surface area contributed by atoms with E-state index >= 15 is 0 Å². The van der Waals surface area contributed by atoms with Crippen LogP contribution in [0.25, 0.3) is 0 Å². The van der Waals surface area contributed by atoms with E-state index < -0.39 is 0 Å². The summed E-state index contributed by atoms with van der Waals surface area (Å²) in [5, 5.41) is 2.88. The lowest BCUT2D eigenvalue weighted by Crippen LogP contribution is -2.41. The molecule has 0 bridgehead atoms. The molecule has 0 saturated heterocycles. The Morgan fingerprint density at radius 1 is 1.21 bits per heavy atom. The van der Waals surface area contributed by atoms with Crippen molar-refractivity contribution < 1.29 is 9.59 Å². The summed E-state index contributed by atoms with van der Waals surface area (Å²) in [4.78, 5) is 22.0. The molecule has 82 valence electrons. The Kier molecular flexibility index (Phi) is 4.81. The zero-order chi connectivity index (χ0) is 11.4. The van der Waals surface area contributed by atoms with Gasteiger partial charge in [0.05, 0.1) is 0 Å². The highest BCUT2D eigenvalue weighted by Crippen LogP contribution is 2.18. The van der Waals surface area contributed by atoms with Crippen molar-refractivity contribution in [1.82, 2.24) is 5.32 Å². The van der Waals surface area contributed by atoms with Gasteiger partial charge < -0.3 is 10.1 Å². The van der Waals surface area contributed by atoms with Crippen molar-refractivity contribution in [2.24, 2.45) is 5.41 Å². The van der Waals surface area contributed by atoms with Crippen LogP contribution in [0.4, 0.5) is 0 Å². The van der Waals surface area contributed by atoms with Crippen molar-refractivity contribution in [2.75, 3.05) is 0 Å². The first kappa shape index (κ1) is 13.1. The minimum atomic E-state index is -0.0392. The number of nitrogens with one attached hydrogen (secondary N) is 1. The third-order valence-electron chi connectivity index (χ3n) is 2.38. The molecule has 0 heterocycles. The Hall–Kier alpha value is -0.860. The fourth-order valence-corrected chi connectivity index (χ4v) is 0.820. The molecule has 14 heavy (non-hydrogen) atoms. The van der Waals surface area contributed by atoms with Gasteiger partial charge in [0.15, 0.2) is 0 Å². The van der Waals surface area contributed by atoms with Crippen molar-refractivity contribution in [3.05, 3.63) is 0 Å². The van der Waals surface area contributed by atoms with E-state index in [0.717, 1.165) is 0 Å². The van der Waals surface area contributed by atoms with Crippen LogP contribution in [0.3, 0.4) is 0 Å². The SMILES string of the molecule is CC(=O)CCC(=O)NC(C)C(C)(C)C. The summed E-state index contributed by atoms with van der Waals surface area (Å²) in [6.45, 7) is 9.70. The molecule has 0 aliphatic rings. The van der Waals surface area contributed by atoms with Crippen LogP contribution in [0.15, 0.2) is 0 Å². The number of amides is 1. The highest BCUT2D eigenvalue weighted by Gasteiger charge is 2.21. The highest BCUT2D eigenvalue weighted by atomic mass is 16.2. The van der Waals surface area contributed by atoms with Gasteiger partial charge in [-0.2, -0.15) is 0 Å². The zero-order valence-electron chi connectivity index (χ0n) is 9.81. The van der Waals surface area contributed by atoms with E-state index in [1.165, 1.54) is 6.92 Å². The summed E-state index contributed by atoms with van der Waals surface area (Å²) in [7, 11) is 0. The first-order valence-electron chi connectivity index (χ1n) is 5.02. The van der Waals surface area contributed by atoms with Crippen LogP contribution in [0.5, 0.6) is 0 Å². The lowest BCUT2D eigenvalue weighted by molar-refractivity contribution is -0.125. The second-order valence-electron chi connectivity index (χ2n) is 4.86. The summed E-state index contributed by atoms with van der Waals surface area (Å²) in [5.74, 6) is 0.0196. The number of rotatable bonds is 4. The molecule has 1 amide bonds. The van der Waals surface area contributed by atoms with Crippen molar-refractivity contribution in [2.45, 2.75) is 53.5 Å². The quantitative estimate of drug-likeness (QED) is 0.751. The lowest BCUT2D eigenvalue weighted by Gasteiger charge is -2.28. The summed E-state index contributed by atoms with van der Waals surface area (Å²) in [5.41, 5.74) is 0.0614. The molecule has 0 fully saturated rings. The van der Waals surface area contributed by atoms with Gasteiger partial charge in [-0.3, -0.25) is 4.79 Å². The van der Waals surface area contributed by atoms with Gasteiger partial charge in [-0.1, -0.05) is 20.8 Å². The van der Waals surface area contributed by atoms with Gasteiger partial charge in [0.2, 0.25) is 5.91 Å². The molecule has 0 saturated carbocycles. The van der Waals surface area contributed by atoms with Gasteiger partial charge in [0, 0.05) is 18.9 Å². The standard InChI is InChI=1S/C11H21NO2/c1-8(13)6-7-10(14)12-9(2)11(3,4)5/h9H,6-7H2,1-5H3,(H,12,14). The Labute approximate surface area is 86.3 Å². The second kappa shape index (κ2) is 5.13. The fourth-order valence-electron chi connectivity index (χ4n) is 0.820. The van der Waals surface area contributed by atoms with Crippen LogP contribution < -0.4 is 5.32 Å². The molecule has 3 nitrogen and oxygen atoms in total. The molecule has 1 atom stereocenters. The van der Waals surface area contributed by atoms with Crippen LogP contribution in [-0.2, 0) is 9.59 Å². The summed E-state index contributed by atoms with van der Waals surface area (Å²) >= 11 is 0. The predicted octanol–water partition coefficient (Wildman–Crippen LogP) is 1.91. The molecule has 1 N–H and O–H groups in total. The van der Waals surface area contributed by atoms with Crippen molar-refractivity contribution in [3.8, 4) is 0 Å². The smallest absolute Gasteiger partial charge is 0.220 e. The summed E-state index contributed by atoms with van der Waals surface area (Å²) in [6.07, 6.45) is 0.637. The third kappa shape index (κ3) is 5.73. The third-order valence-corrected chi connectivity index (χ3v) is 2.38. The molecule has 0 aliphatic carbocycles. The topological polar surface area (TPSA) is 46.2 Å². The van der Waals surface area contributed by atoms with E-state index in [0.29, 0.717) is 12.8 Å². The van der Waals surface area contributed by atoms with E-state index in [1.807, 2.05) is 6.92 Å². The van der Waals surface area contributed by atoms with Crippen LogP contribution in [0.2, 0.25) is 0 Å². The Bertz CT molecular complexity index is 216. The van der Waals surface area contributed by atoms with Crippen molar-refractivity contribution in [3.63, 3.8) is 0 Å². The monoisotopic (exact) mass is 199 g/mol. The largest absolute Gasteiger partial charge is 0.353 e. The van der Waals surface area contributed by atoms with Crippen LogP contribution in [0.1, 0.15) is 47.5 Å². The van der Waals surface area contributed by atoms with Gasteiger partial charge >= 0.3 is 0 Å². The number of Topliss-reactive ketones (excluding diaryl/α,β-unsaturated/α-hetero) is 1. The number of carbonyl (C=O) groups is 2. The van der Waals surface area contributed by atoms with Gasteiger partial charge in [-0.15, -0.1) is 0 Å². The molecule has 0 aromatic carbocycles. The Balaban J connectivity index is 3.89. The van der Waals surface area contributed by atoms with E-state index in [2.05, 4.69) is 26.1 Å². The molecule has 0 radical (unpaired) electrons. The molecule has 3 heteroatoms. The molecule has 0 aromatic rings. The Morgan fingerprint density at radius 2 is 1.71 bits per heavy atom. The number of ketones is 1. The number of hydrogen-bond acceptors (Lipinski definition) is 2. The normalized spacial score (nSPS) is 13.5. The molecular weight excluding hydrogens is 178 g/mol. The summed E-state index contributed by atoms with van der Waals surface area (Å²) in [6, 6.07) is 0.127. The molecule has 0 spiro atoms. The molecular formula is C11H21NO2. The fraction of sp³-hybridized carbons (Fsp3) is 0.818. The maximum absolute atomic E-state index is 11.3. The van der Waals surface area contributed by atoms with Crippen molar-refractivity contribution in [1.29, 1.82) is 0 Å². The first-order chi connectivity index (χ1) is 6.23. The molecule has 1 unspecified atom stereocenters. The van der Waals surface area contributed by atoms with Gasteiger partial charge in [0.25, 0.3) is 0 Å². The van der Waals surface area contributed by atoms with Crippen LogP contribution >= 0.6 is 0 Å². The maximum Gasteiger partial charge on any atom is 0.220 e. The van der Waals surface area contributed by atoms with E-state index in [4.69, 9.17) is 0 Å². The summed E-state index contributed by atoms with van der Waals surface area (Å²) < 4.78 is 0. The average Bonchev–Trinajstić information content (AvgIpc) is 1.99. The predicted molar refractivity (Wildman–Crippen MR) is 57.0 cm³/mol. The lowest BCUT2D eigenvalue weighted by atomic mass is 9.88. The van der Waals surface area contributed by atoms with Crippen LogP contribution in [0, 0.1) is 5.41 Å². The van der Waals surface area contributed by atoms with E-state index in [-0.39, 0.29) is 23.1 Å². The second-order valence-corrected chi connectivity index (χ2v) is 4.86. The minimum absolute atomic E-state index is 0.0392. The van der Waals surface area contributed by atoms with E-state index in [9.17, 15) is 9.59 Å². The Morgan fingerprint density at radius 3 is 2.07 bits per heavy atom. The van der Waals surface area contributed by atoms with Crippen LogP contribution in [-0.4, -0.2) is 17.7 Å². The van der Waals surface area contributed by atoms with Gasteiger partial charge in [0.1, 0.15) is 5.78 Å². The molecule has 0 aliphatic heterocycles. The number of carbonyl (C=O) groups excluding carboxylic acids is 2. The minimum Gasteiger partial charge on any atom is -0.353 e. The zero-order valence-corrected chi connectivity index (χ0v) is 9.81. The number of hydrogen-bond donors (Lipinski definition) is 1. The molecule has 0 rings (SSSR count). The van der Waals surface area contributed by atoms with Gasteiger partial charge in [-0.05, 0) is 19.3 Å². The first-order valence-corrected chi connectivity index (χ1v) is 5.02. The average molecular weight is 199 g/mol. The highest BCUT2D eigenvalue weighted by molar-refractivity contribution is 5.83.